The van der Waals surface area contributed by atoms with Crippen LogP contribution in [0.25, 0.3) is 10.9 Å². The Morgan fingerprint density at radius 3 is 2.47 bits per heavy atom. The Balaban J connectivity index is 0.703. The first-order chi connectivity index (χ1) is 28.6. The fourth-order valence-electron chi connectivity index (χ4n) is 10.0. The Morgan fingerprint density at radius 2 is 1.73 bits per heavy atom. The number of aromatic nitrogens is 2. The van der Waals surface area contributed by atoms with Gasteiger partial charge in [-0.05, 0) is 86.2 Å². The maximum absolute atomic E-state index is 13.5. The Hall–Kier alpha value is -6.40. The van der Waals surface area contributed by atoms with Crippen molar-refractivity contribution in [1.82, 2.24) is 30.4 Å². The van der Waals surface area contributed by atoms with Gasteiger partial charge in [-0.2, -0.15) is 5.26 Å². The number of benzene rings is 2. The molecular formula is C44H43N9O6. The summed E-state index contributed by atoms with van der Waals surface area (Å²) in [4.78, 5) is 81.3. The predicted molar refractivity (Wildman–Crippen MR) is 215 cm³/mol. The van der Waals surface area contributed by atoms with Crippen molar-refractivity contribution in [1.29, 1.82) is 5.26 Å². The summed E-state index contributed by atoms with van der Waals surface area (Å²) in [5, 5.41) is 16.0. The van der Waals surface area contributed by atoms with Crippen LogP contribution in [0.2, 0.25) is 0 Å². The minimum absolute atomic E-state index is 0.0882. The molecule has 6 aliphatic rings. The van der Waals surface area contributed by atoms with Gasteiger partial charge in [-0.25, -0.2) is 4.98 Å². The fraction of sp³-hybridized carbons (Fsp3) is 0.409. The van der Waals surface area contributed by atoms with Gasteiger partial charge in [0.25, 0.3) is 17.7 Å². The molecule has 1 aliphatic carbocycles. The molecule has 2 aromatic heterocycles. The minimum Gasteiger partial charge on any atom is -0.489 e. The monoisotopic (exact) mass is 793 g/mol. The van der Waals surface area contributed by atoms with Crippen LogP contribution in [0.3, 0.4) is 0 Å². The molecule has 3 unspecified atom stereocenters. The molecule has 3 saturated heterocycles. The molecule has 4 atom stereocenters. The van der Waals surface area contributed by atoms with Gasteiger partial charge in [-0.1, -0.05) is 0 Å². The molecule has 0 bridgehead atoms. The average Bonchev–Trinajstić information content (AvgIpc) is 3.50. The number of carbonyl (C=O) groups is 5. The second-order valence-corrected chi connectivity index (χ2v) is 16.8. The number of imide groups is 2. The van der Waals surface area contributed by atoms with Crippen molar-refractivity contribution in [3.05, 3.63) is 88.7 Å². The number of pyridine rings is 2. The van der Waals surface area contributed by atoms with Crippen molar-refractivity contribution in [3.8, 4) is 11.8 Å². The van der Waals surface area contributed by atoms with Crippen molar-refractivity contribution >= 4 is 51.9 Å². The van der Waals surface area contributed by atoms with E-state index in [1.807, 2.05) is 30.3 Å². The van der Waals surface area contributed by atoms with Gasteiger partial charge in [0.15, 0.2) is 0 Å². The van der Waals surface area contributed by atoms with Crippen LogP contribution in [0.4, 0.5) is 11.5 Å². The van der Waals surface area contributed by atoms with E-state index in [-0.39, 0.29) is 36.5 Å². The Morgan fingerprint density at radius 1 is 0.932 bits per heavy atom. The second-order valence-electron chi connectivity index (χ2n) is 16.8. The number of hydrogen-bond acceptors (Lipinski definition) is 12. The van der Waals surface area contributed by atoms with Crippen LogP contribution in [-0.2, 0) is 15.0 Å². The lowest BCUT2D eigenvalue weighted by Crippen LogP contribution is -2.68. The first-order valence-electron chi connectivity index (χ1n) is 20.4. The lowest BCUT2D eigenvalue weighted by Gasteiger charge is -2.56. The molecule has 2 aromatic carbocycles. The summed E-state index contributed by atoms with van der Waals surface area (Å²) < 4.78 is 6.36. The van der Waals surface area contributed by atoms with Gasteiger partial charge in [-0.15, -0.1) is 0 Å². The van der Waals surface area contributed by atoms with Gasteiger partial charge in [0.05, 0.1) is 33.2 Å². The molecule has 1 saturated carbocycles. The number of piperazine rings is 1. The van der Waals surface area contributed by atoms with Crippen molar-refractivity contribution in [2.24, 2.45) is 5.92 Å². The summed E-state index contributed by atoms with van der Waals surface area (Å²) in [7, 11) is 0. The standard InChI is InChI=1S/C44H43N9O6/c1-44-31-10-13-46-39-26(22-45)2-7-33(38(31)39)59-35(44)21-34(44)48-40(55)27-3-8-36(47-23-27)52-14-11-25(12-15-52)24-50-16-18-51(19-17-50)28-4-5-29-30(20-28)43(58)53(42(29)57)32-6-9-37(54)49-41(32)56/h2-5,7-8,10,13,20,23,25,32,34-35H,6,9,11-12,14-19,21,24H2,1H3,(H,48,55)(H,49,54,56)/t32?,34?,35-,44?/m0/s1. The molecule has 0 spiro atoms. The molecule has 0 radical (unpaired) electrons. The molecule has 59 heavy (non-hydrogen) atoms. The van der Waals surface area contributed by atoms with Crippen LogP contribution in [-0.4, -0.2) is 113 Å². The number of rotatable bonds is 7. The van der Waals surface area contributed by atoms with Crippen molar-refractivity contribution in [2.75, 3.05) is 55.6 Å². The summed E-state index contributed by atoms with van der Waals surface area (Å²) in [6, 6.07) is 15.8. The first kappa shape index (κ1) is 36.9. The van der Waals surface area contributed by atoms with Crippen molar-refractivity contribution in [3.63, 3.8) is 0 Å². The molecule has 10 rings (SSSR count). The maximum atomic E-state index is 13.5. The van der Waals surface area contributed by atoms with Gasteiger partial charge in [0.1, 0.15) is 29.8 Å². The zero-order chi connectivity index (χ0) is 40.6. The highest BCUT2D eigenvalue weighted by atomic mass is 16.5. The molecule has 2 N–H and O–H groups in total. The summed E-state index contributed by atoms with van der Waals surface area (Å²) in [5.41, 5.74) is 3.68. The van der Waals surface area contributed by atoms with E-state index in [0.717, 1.165) is 91.8 Å². The van der Waals surface area contributed by atoms with Crippen LogP contribution in [0, 0.1) is 17.2 Å². The van der Waals surface area contributed by atoms with Crippen LogP contribution < -0.4 is 25.2 Å². The summed E-state index contributed by atoms with van der Waals surface area (Å²) in [6.07, 6.45) is 6.28. The number of fused-ring (bicyclic) bond motifs is 3. The maximum Gasteiger partial charge on any atom is 0.262 e. The fourth-order valence-corrected chi connectivity index (χ4v) is 10.0. The third-order valence-corrected chi connectivity index (χ3v) is 13.6. The molecule has 15 heteroatoms. The normalized spacial score (nSPS) is 25.5. The zero-order valence-corrected chi connectivity index (χ0v) is 32.6. The molecule has 4 fully saturated rings. The van der Waals surface area contributed by atoms with E-state index in [1.54, 1.807) is 30.6 Å². The lowest BCUT2D eigenvalue weighted by atomic mass is 9.57. The topological polar surface area (TPSA) is 181 Å². The van der Waals surface area contributed by atoms with Crippen LogP contribution in [0.1, 0.15) is 81.2 Å². The van der Waals surface area contributed by atoms with E-state index in [9.17, 15) is 29.2 Å². The van der Waals surface area contributed by atoms with E-state index in [1.165, 1.54) is 0 Å². The Kier molecular flexibility index (Phi) is 8.86. The molecule has 5 amide bonds. The van der Waals surface area contributed by atoms with Crippen LogP contribution >= 0.6 is 0 Å². The number of amides is 5. The highest BCUT2D eigenvalue weighted by Gasteiger charge is 2.58. The van der Waals surface area contributed by atoms with Gasteiger partial charge in [0.2, 0.25) is 11.8 Å². The Labute approximate surface area is 340 Å². The highest BCUT2D eigenvalue weighted by Crippen LogP contribution is 2.53. The smallest absolute Gasteiger partial charge is 0.262 e. The van der Waals surface area contributed by atoms with Gasteiger partial charge in [-0.3, -0.25) is 44.1 Å². The van der Waals surface area contributed by atoms with E-state index in [2.05, 4.69) is 43.3 Å². The molecular weight excluding hydrogens is 751 g/mol. The van der Waals surface area contributed by atoms with E-state index in [4.69, 9.17) is 9.72 Å². The number of carbonyl (C=O) groups excluding carboxylic acids is 5. The molecule has 4 aromatic rings. The summed E-state index contributed by atoms with van der Waals surface area (Å²) in [5.74, 6) is -0.0128. The Bertz CT molecular complexity index is 2490. The number of nitrogens with zero attached hydrogens (tertiary/aromatic N) is 7. The quantitative estimate of drug-likeness (QED) is 0.262. The molecule has 15 nitrogen and oxygen atoms in total. The largest absolute Gasteiger partial charge is 0.489 e. The molecule has 7 heterocycles. The van der Waals surface area contributed by atoms with Crippen molar-refractivity contribution < 1.29 is 28.7 Å². The first-order valence-corrected chi connectivity index (χ1v) is 20.4. The van der Waals surface area contributed by atoms with Gasteiger partial charge < -0.3 is 19.9 Å². The minimum atomic E-state index is -0.978. The lowest BCUT2D eigenvalue weighted by molar-refractivity contribution is -0.136. The summed E-state index contributed by atoms with van der Waals surface area (Å²) >= 11 is 0. The predicted octanol–water partition coefficient (Wildman–Crippen LogP) is 3.16. The van der Waals surface area contributed by atoms with Crippen LogP contribution in [0.15, 0.2) is 60.9 Å². The molecule has 300 valence electrons. The van der Waals surface area contributed by atoms with Crippen LogP contribution in [0.5, 0.6) is 5.75 Å². The van der Waals surface area contributed by atoms with E-state index in [0.29, 0.717) is 34.5 Å². The molecule has 5 aliphatic heterocycles. The van der Waals surface area contributed by atoms with Crippen molar-refractivity contribution in [2.45, 2.75) is 62.6 Å². The average molecular weight is 794 g/mol. The van der Waals surface area contributed by atoms with Gasteiger partial charge >= 0.3 is 0 Å². The zero-order valence-electron chi connectivity index (χ0n) is 32.6. The summed E-state index contributed by atoms with van der Waals surface area (Å²) in [6.45, 7) is 8.24. The second kappa shape index (κ2) is 14.2. The number of anilines is 2. The van der Waals surface area contributed by atoms with Gasteiger partial charge in [0, 0.05) is 88.2 Å². The number of ether oxygens (including phenoxy) is 1. The van der Waals surface area contributed by atoms with E-state index < -0.39 is 35.1 Å². The number of nitrogens with one attached hydrogen (secondary N) is 2. The third kappa shape index (κ3) is 6.07. The number of hydrogen-bond donors (Lipinski definition) is 2. The SMILES string of the molecule is CC12c3ccnc4c(C#N)ccc(c34)O[C@H]1CC2NC(=O)c1ccc(N2CCC(CN3CCN(c4ccc5c(c4)C(=O)N(C4CCC(=O)NC4=O)C5=O)CC3)CC2)nc1. The third-order valence-electron chi connectivity index (χ3n) is 13.6. The highest BCUT2D eigenvalue weighted by molar-refractivity contribution is 6.23. The number of piperidine rings is 2. The van der Waals surface area contributed by atoms with E-state index >= 15 is 0 Å². The number of nitriles is 1.